The summed E-state index contributed by atoms with van der Waals surface area (Å²) in [6, 6.07) is 15.0. The molecule has 1 unspecified atom stereocenters. The van der Waals surface area contributed by atoms with E-state index in [0.29, 0.717) is 11.1 Å². The zero-order chi connectivity index (χ0) is 54.0. The van der Waals surface area contributed by atoms with Crippen LogP contribution in [0.3, 0.4) is 0 Å². The second-order valence-corrected chi connectivity index (χ2v) is 19.6. The summed E-state index contributed by atoms with van der Waals surface area (Å²) < 4.78 is 196. The minimum Gasteiger partial charge on any atom is -0.475 e. The lowest BCUT2D eigenvalue weighted by Gasteiger charge is -2.19. The van der Waals surface area contributed by atoms with Gasteiger partial charge in [0.25, 0.3) is 0 Å². The van der Waals surface area contributed by atoms with E-state index >= 15 is 0 Å². The van der Waals surface area contributed by atoms with Gasteiger partial charge in [0.15, 0.2) is 9.84 Å². The van der Waals surface area contributed by atoms with Gasteiger partial charge in [-0.15, -0.1) is 12.4 Å². The normalized spacial score (nSPS) is 18.7. The van der Waals surface area contributed by atoms with E-state index in [2.05, 4.69) is 15.3 Å². The number of ketones is 2. The first kappa shape index (κ1) is 60.1. The highest BCUT2D eigenvalue weighted by molar-refractivity contribution is 7.92. The molecule has 1 saturated heterocycles. The SMILES string of the molecule is COCCOc1nc(C(F)(F)F)ccc1-c1cc(F)cc(CCC(=O)[C@@H]2C[C@@H](F)CC2S(=O)(=O)c2ccc(F)cc2)c1.COCCOc1nc(C(F)(F)F)ccc1-c1cc(F)cc(CCC(=O)[C@@H]2C[C@@H](F)CN2)c1.Cl. The summed E-state index contributed by atoms with van der Waals surface area (Å²) in [7, 11) is -1.35. The summed E-state index contributed by atoms with van der Waals surface area (Å²) in [6.45, 7) is 0.161. The maximum atomic E-state index is 14.6. The van der Waals surface area contributed by atoms with Gasteiger partial charge in [0.2, 0.25) is 11.8 Å². The molecule has 5 aromatic rings. The molecule has 3 aromatic carbocycles. The minimum atomic E-state index is -4.74. The van der Waals surface area contributed by atoms with Crippen molar-refractivity contribution in [3.05, 3.63) is 125 Å². The van der Waals surface area contributed by atoms with Gasteiger partial charge in [-0.25, -0.2) is 40.3 Å². The van der Waals surface area contributed by atoms with Crippen LogP contribution in [0.5, 0.6) is 11.8 Å². The Balaban J connectivity index is 0.000000284. The Kier molecular flexibility index (Phi) is 21.1. The highest BCUT2D eigenvalue weighted by Gasteiger charge is 2.46. The number of carbonyl (C=O) groups is 2. The Bertz CT molecular complexity index is 2860. The van der Waals surface area contributed by atoms with E-state index in [9.17, 15) is 66.3 Å². The summed E-state index contributed by atoms with van der Waals surface area (Å²) in [4.78, 5) is 32.3. The van der Waals surface area contributed by atoms with Gasteiger partial charge >= 0.3 is 12.4 Å². The molecule has 24 heteroatoms. The second-order valence-electron chi connectivity index (χ2n) is 17.4. The van der Waals surface area contributed by atoms with Gasteiger partial charge in [-0.2, -0.15) is 26.3 Å². The smallest absolute Gasteiger partial charge is 0.433 e. The molecule has 75 heavy (non-hydrogen) atoms. The molecule has 5 atom stereocenters. The number of pyridine rings is 2. The summed E-state index contributed by atoms with van der Waals surface area (Å²) >= 11 is 0. The first-order chi connectivity index (χ1) is 35.0. The first-order valence-corrected chi connectivity index (χ1v) is 24.6. The number of hydrogen-bond acceptors (Lipinski definition) is 11. The van der Waals surface area contributed by atoms with Gasteiger partial charge in [0, 0.05) is 57.1 Å². The molecular weight excluding hydrogens is 1060 g/mol. The van der Waals surface area contributed by atoms with Crippen molar-refractivity contribution < 1.29 is 85.2 Å². The lowest BCUT2D eigenvalue weighted by atomic mass is 9.95. The van der Waals surface area contributed by atoms with Crippen molar-refractivity contribution in [3.63, 3.8) is 0 Å². The second kappa shape index (κ2) is 26.3. The number of nitrogens with zero attached hydrogens (tertiary/aromatic N) is 2. The van der Waals surface area contributed by atoms with Crippen LogP contribution in [0, 0.1) is 23.4 Å². The number of nitrogens with one attached hydrogen (secondary N) is 1. The molecule has 7 rings (SSSR count). The number of hydrogen-bond donors (Lipinski definition) is 1. The van der Waals surface area contributed by atoms with Crippen molar-refractivity contribution in [1.82, 2.24) is 15.3 Å². The molecular formula is C51H51ClF11N3O8S. The van der Waals surface area contributed by atoms with Crippen LogP contribution in [0.15, 0.2) is 89.8 Å². The van der Waals surface area contributed by atoms with Gasteiger partial charge < -0.3 is 24.3 Å². The van der Waals surface area contributed by atoms with Crippen molar-refractivity contribution in [1.29, 1.82) is 0 Å². The summed E-state index contributed by atoms with van der Waals surface area (Å²) in [6.07, 6.45) is -12.6. The van der Waals surface area contributed by atoms with E-state index in [1.807, 2.05) is 0 Å². The fourth-order valence-corrected chi connectivity index (χ4v) is 10.5. The van der Waals surface area contributed by atoms with E-state index in [1.165, 1.54) is 32.4 Å². The lowest BCUT2D eigenvalue weighted by molar-refractivity contribution is -0.142. The molecule has 0 amide bonds. The van der Waals surface area contributed by atoms with Crippen LogP contribution < -0.4 is 14.8 Å². The predicted octanol–water partition coefficient (Wildman–Crippen LogP) is 10.7. The highest BCUT2D eigenvalue weighted by Crippen LogP contribution is 2.40. The Morgan fingerprint density at radius 3 is 1.53 bits per heavy atom. The van der Waals surface area contributed by atoms with Crippen molar-refractivity contribution in [2.45, 2.75) is 85.8 Å². The first-order valence-electron chi connectivity index (χ1n) is 23.0. The number of methoxy groups -OCH3 is 2. The third kappa shape index (κ3) is 16.4. The molecule has 0 radical (unpaired) electrons. The average Bonchev–Trinajstić information content (AvgIpc) is 3.98. The van der Waals surface area contributed by atoms with E-state index in [1.54, 1.807) is 6.07 Å². The molecule has 1 saturated carbocycles. The van der Waals surface area contributed by atoms with Crippen LogP contribution in [0.25, 0.3) is 22.3 Å². The van der Waals surface area contributed by atoms with Crippen molar-refractivity contribution >= 4 is 33.8 Å². The topological polar surface area (TPSA) is 143 Å². The third-order valence-corrected chi connectivity index (χ3v) is 14.3. The lowest BCUT2D eigenvalue weighted by Crippen LogP contribution is -2.31. The molecule has 3 heterocycles. The molecule has 1 aliphatic heterocycles. The Labute approximate surface area is 430 Å². The number of alkyl halides is 8. The quantitative estimate of drug-likeness (QED) is 0.0452. The van der Waals surface area contributed by atoms with Gasteiger partial charge in [-0.05, 0) is 121 Å². The summed E-state index contributed by atoms with van der Waals surface area (Å²) in [5.74, 6) is -4.53. The molecule has 0 spiro atoms. The molecule has 1 aliphatic carbocycles. The van der Waals surface area contributed by atoms with Gasteiger partial charge in [0.05, 0.1) is 29.4 Å². The van der Waals surface area contributed by atoms with Crippen LogP contribution in [0.4, 0.5) is 48.3 Å². The molecule has 1 N–H and O–H groups in total. The van der Waals surface area contributed by atoms with Crippen LogP contribution >= 0.6 is 12.4 Å². The maximum Gasteiger partial charge on any atom is 0.433 e. The monoisotopic (exact) mass is 1110 g/mol. The third-order valence-electron chi connectivity index (χ3n) is 12.1. The van der Waals surface area contributed by atoms with Crippen molar-refractivity contribution in [3.8, 4) is 34.0 Å². The number of rotatable bonds is 20. The fraction of sp³-hybridized carbons (Fsp3) is 0.412. The molecule has 2 aromatic heterocycles. The van der Waals surface area contributed by atoms with Crippen LogP contribution in [-0.2, 0) is 54.1 Å². The number of halogens is 12. The number of benzene rings is 3. The van der Waals surface area contributed by atoms with Gasteiger partial charge in [0.1, 0.15) is 66.0 Å². The summed E-state index contributed by atoms with van der Waals surface area (Å²) in [5, 5.41) is 1.48. The molecule has 2 aliphatic rings. The van der Waals surface area contributed by atoms with Gasteiger partial charge in [-0.3, -0.25) is 9.59 Å². The van der Waals surface area contributed by atoms with E-state index in [0.717, 1.165) is 60.7 Å². The number of aromatic nitrogens is 2. The van der Waals surface area contributed by atoms with Crippen LogP contribution in [0.2, 0.25) is 0 Å². The van der Waals surface area contributed by atoms with E-state index in [-0.39, 0.29) is 135 Å². The molecule has 408 valence electrons. The zero-order valence-corrected chi connectivity index (χ0v) is 41.7. The van der Waals surface area contributed by atoms with Gasteiger partial charge in [-0.1, -0.05) is 12.1 Å². The van der Waals surface area contributed by atoms with E-state index < -0.39 is 86.4 Å². The summed E-state index contributed by atoms with van der Waals surface area (Å²) in [5.41, 5.74) is -0.886. The number of ether oxygens (including phenoxy) is 4. The predicted molar refractivity (Wildman–Crippen MR) is 254 cm³/mol. The average molecular weight is 1110 g/mol. The standard InChI is InChI=1S/C29H27F6NO5S.C22H23F5N2O3.ClH/c1-40-10-11-41-28-23(7-9-27(36-28)29(33,34)35)18-12-17(13-20(31)14-18)2-8-25(37)24-15-21(32)16-26(24)42(38,39)22-5-3-19(30)4-6-22;1-31-6-7-32-21-17(3-5-20(29-21)22(25,26)27)14-8-13(9-15(23)10-14)2-4-19(30)18-11-16(24)12-28-18;/h3-7,9,12-14,21,24,26H,2,8,10-11,15-16H2,1H3;3,5,8-10,16,18,28H,2,4,6-7,11-12H2,1H3;1H/t21-,24+,26?;16-,18+;/m11./s1. The Hall–Kier alpha value is -5.75. The zero-order valence-electron chi connectivity index (χ0n) is 40.1. The fourth-order valence-electron chi connectivity index (χ4n) is 8.45. The number of aryl methyl sites for hydroxylation is 2. The van der Waals surface area contributed by atoms with Crippen LogP contribution in [0.1, 0.15) is 54.6 Å². The van der Waals surface area contributed by atoms with Crippen LogP contribution in [-0.4, -0.2) is 101 Å². The largest absolute Gasteiger partial charge is 0.475 e. The maximum absolute atomic E-state index is 14.6. The molecule has 11 nitrogen and oxygen atoms in total. The Morgan fingerprint density at radius 2 is 1.09 bits per heavy atom. The van der Waals surface area contributed by atoms with E-state index in [4.69, 9.17) is 18.9 Å². The number of sulfone groups is 1. The van der Waals surface area contributed by atoms with Crippen molar-refractivity contribution in [2.75, 3.05) is 47.2 Å². The Morgan fingerprint density at radius 1 is 0.613 bits per heavy atom. The number of Topliss-reactive ketones (excluding diaryl/α,β-unsaturated/α-hetero) is 2. The molecule has 2 fully saturated rings. The van der Waals surface area contributed by atoms with Crippen molar-refractivity contribution in [2.24, 2.45) is 5.92 Å². The number of carbonyl (C=O) groups excluding carboxylic acids is 2. The molecule has 0 bridgehead atoms. The highest BCUT2D eigenvalue weighted by atomic mass is 35.5. The minimum absolute atomic E-state index is 0.